The molecule has 0 aliphatic carbocycles. The molecule has 0 N–H and O–H groups in total. The number of aryl methyl sites for hydroxylation is 2. The second kappa shape index (κ2) is 9.64. The van der Waals surface area contributed by atoms with Crippen LogP contribution in [0.5, 0.6) is 11.6 Å². The first-order valence-corrected chi connectivity index (χ1v) is 11.4. The number of fused-ring (bicyclic) bond motifs is 3. The molecule has 0 saturated heterocycles. The van der Waals surface area contributed by atoms with Crippen LogP contribution in [0.2, 0.25) is 0 Å². The van der Waals surface area contributed by atoms with Gasteiger partial charge in [0.2, 0.25) is 12.6 Å². The minimum atomic E-state index is 0. The maximum Gasteiger partial charge on any atom is 2.00 e. The van der Waals surface area contributed by atoms with Gasteiger partial charge in [-0.3, -0.25) is 4.98 Å². The van der Waals surface area contributed by atoms with E-state index in [0.717, 1.165) is 27.7 Å². The first-order valence-electron chi connectivity index (χ1n) is 11.4. The molecule has 170 valence electrons. The molecule has 0 radical (unpaired) electrons. The Labute approximate surface area is 220 Å². The van der Waals surface area contributed by atoms with Gasteiger partial charge in [-0.05, 0) is 37.1 Å². The summed E-state index contributed by atoms with van der Waals surface area (Å²) in [6, 6.07) is 33.9. The predicted octanol–water partition coefficient (Wildman–Crippen LogP) is 4.65. The van der Waals surface area contributed by atoms with Crippen molar-refractivity contribution in [3.05, 3.63) is 115 Å². The van der Waals surface area contributed by atoms with Crippen molar-refractivity contribution in [2.24, 2.45) is 0 Å². The predicted molar refractivity (Wildman–Crippen MR) is 138 cm³/mol. The zero-order chi connectivity index (χ0) is 23.1. The van der Waals surface area contributed by atoms with Gasteiger partial charge in [0.05, 0.1) is 0 Å². The number of aromatic nitrogens is 2. The Kier molecular flexibility index (Phi) is 6.41. The van der Waals surface area contributed by atoms with Crippen LogP contribution in [0.3, 0.4) is 0 Å². The third-order valence-corrected chi connectivity index (χ3v) is 6.31. The van der Waals surface area contributed by atoms with E-state index in [1.54, 1.807) is 6.20 Å². The van der Waals surface area contributed by atoms with Crippen LogP contribution < -0.4 is 21.3 Å². The van der Waals surface area contributed by atoms with Gasteiger partial charge in [-0.1, -0.05) is 41.4 Å². The van der Waals surface area contributed by atoms with E-state index in [1.807, 2.05) is 49.5 Å². The molecule has 0 bridgehead atoms. The Morgan fingerprint density at radius 3 is 2.46 bits per heavy atom. The van der Waals surface area contributed by atoms with E-state index in [-0.39, 0.29) is 27.8 Å². The van der Waals surface area contributed by atoms with Crippen LogP contribution in [0, 0.1) is 26.0 Å². The van der Waals surface area contributed by atoms with Crippen molar-refractivity contribution in [3.8, 4) is 33.9 Å². The molecule has 1 aliphatic heterocycles. The molecule has 35 heavy (non-hydrogen) atoms. The van der Waals surface area contributed by atoms with Crippen molar-refractivity contribution < 1.29 is 25.8 Å². The molecule has 3 nitrogen and oxygen atoms in total. The maximum atomic E-state index is 5.98. The van der Waals surface area contributed by atoms with Crippen LogP contribution in [0.25, 0.3) is 22.3 Å². The van der Waals surface area contributed by atoms with Gasteiger partial charge in [-0.15, -0.1) is 23.8 Å². The minimum Gasteiger partial charge on any atom is -0.460 e. The van der Waals surface area contributed by atoms with E-state index in [0.29, 0.717) is 11.6 Å². The normalized spacial score (nSPS) is 11.4. The number of hydrogen-bond donors (Lipinski definition) is 0. The second-order valence-electron chi connectivity index (χ2n) is 8.63. The van der Waals surface area contributed by atoms with Crippen molar-refractivity contribution >= 4 is 23.2 Å². The molecule has 5 aromatic rings. The van der Waals surface area contributed by atoms with Crippen molar-refractivity contribution in [2.45, 2.75) is 13.8 Å². The molecule has 0 fully saturated rings. The summed E-state index contributed by atoms with van der Waals surface area (Å²) < 4.78 is 5.98. The van der Waals surface area contributed by atoms with E-state index in [4.69, 9.17) is 9.72 Å². The Hall–Kier alpha value is -3.49. The monoisotopic (exact) mass is 631 g/mol. The second-order valence-corrected chi connectivity index (χ2v) is 8.63. The van der Waals surface area contributed by atoms with Gasteiger partial charge in [-0.2, -0.15) is 29.7 Å². The van der Waals surface area contributed by atoms with Gasteiger partial charge in [0.15, 0.2) is 0 Å². The Morgan fingerprint density at radius 1 is 0.743 bits per heavy atom. The summed E-state index contributed by atoms with van der Waals surface area (Å²) in [5.74, 6) is 1.19. The van der Waals surface area contributed by atoms with E-state index in [9.17, 15) is 0 Å². The molecule has 0 amide bonds. The zero-order valence-corrected chi connectivity index (χ0v) is 21.6. The molecule has 1 aliphatic rings. The number of ether oxygens (including phenoxy) is 1. The molecule has 0 saturated carbocycles. The summed E-state index contributed by atoms with van der Waals surface area (Å²) in [6.45, 7) is 4.20. The molecule has 3 aromatic carbocycles. The van der Waals surface area contributed by atoms with Crippen molar-refractivity contribution in [3.63, 3.8) is 0 Å². The van der Waals surface area contributed by atoms with Crippen LogP contribution >= 0.6 is 0 Å². The van der Waals surface area contributed by atoms with E-state index in [2.05, 4.69) is 66.5 Å². The summed E-state index contributed by atoms with van der Waals surface area (Å²) in [4.78, 5) is 9.08. The fourth-order valence-electron chi connectivity index (χ4n) is 4.71. The van der Waals surface area contributed by atoms with Crippen molar-refractivity contribution in [1.29, 1.82) is 0 Å². The molecule has 6 rings (SSSR count). The molecule has 2 aromatic heterocycles. The quantitative estimate of drug-likeness (QED) is 0.210. The fraction of sp³-hybridized carbons (Fsp3) is 0.0667. The average Bonchev–Trinajstić information content (AvgIpc) is 3.18. The van der Waals surface area contributed by atoms with Gasteiger partial charge in [0.1, 0.15) is 0 Å². The summed E-state index contributed by atoms with van der Waals surface area (Å²) >= 11 is 0. The number of hydrogen-bond acceptors (Lipinski definition) is 3. The summed E-state index contributed by atoms with van der Waals surface area (Å²) in [6.07, 6.45) is 3.63. The number of benzene rings is 3. The molecular weight excluding hydrogens is 610 g/mol. The van der Waals surface area contributed by atoms with E-state index >= 15 is 0 Å². The Bertz CT molecular complexity index is 1530. The maximum absolute atomic E-state index is 5.98. The molecular formula is C30H21BN2OPt. The SMILES string of the molecule is Cc1ccnc(Oc2[c-]c(-c3[c-]c4c(cc3)-c3ccccc3B4c3ncccc3C)ccc2)c1.[Pt+2]. The van der Waals surface area contributed by atoms with Crippen LogP contribution in [0.1, 0.15) is 11.1 Å². The number of nitrogens with zero attached hydrogens (tertiary/aromatic N) is 2. The average molecular weight is 631 g/mol. The summed E-state index contributed by atoms with van der Waals surface area (Å²) in [5, 5.41) is 0. The fourth-order valence-corrected chi connectivity index (χ4v) is 4.71. The Balaban J connectivity index is 0.00000253. The molecule has 0 spiro atoms. The largest absolute Gasteiger partial charge is 2.00 e. The molecule has 5 heteroatoms. The van der Waals surface area contributed by atoms with Crippen LogP contribution in [0.15, 0.2) is 91.3 Å². The topological polar surface area (TPSA) is 35.0 Å². The van der Waals surface area contributed by atoms with Gasteiger partial charge < -0.3 is 4.74 Å². The molecule has 0 unspecified atom stereocenters. The van der Waals surface area contributed by atoms with Crippen LogP contribution in [-0.4, -0.2) is 16.7 Å². The molecule has 0 atom stereocenters. The minimum absolute atomic E-state index is 0. The first kappa shape index (κ1) is 23.3. The first-order chi connectivity index (χ1) is 16.7. The number of pyridine rings is 2. The number of rotatable bonds is 4. The zero-order valence-electron chi connectivity index (χ0n) is 19.4. The van der Waals surface area contributed by atoms with Gasteiger partial charge in [0.25, 0.3) is 0 Å². The van der Waals surface area contributed by atoms with Crippen molar-refractivity contribution in [1.82, 2.24) is 9.97 Å². The third-order valence-electron chi connectivity index (χ3n) is 6.31. The van der Waals surface area contributed by atoms with Crippen molar-refractivity contribution in [2.75, 3.05) is 0 Å². The smallest absolute Gasteiger partial charge is 0.460 e. The van der Waals surface area contributed by atoms with Gasteiger partial charge >= 0.3 is 21.1 Å². The standard InChI is InChI=1S/C30H21BN2O.Pt/c1-20-14-16-32-29(17-20)34-24-9-5-8-22(18-24)23-12-13-26-25-10-3-4-11-27(25)31(28(26)19-23)30-21(2)7-6-15-33-30;/h3-17H,1-2H3;/q-2;+2. The van der Waals surface area contributed by atoms with Crippen LogP contribution in [-0.2, 0) is 21.1 Å². The molecule has 3 heterocycles. The summed E-state index contributed by atoms with van der Waals surface area (Å²) in [7, 11) is 0. The van der Waals surface area contributed by atoms with E-state index in [1.165, 1.54) is 22.2 Å². The van der Waals surface area contributed by atoms with Gasteiger partial charge in [0, 0.05) is 29.8 Å². The summed E-state index contributed by atoms with van der Waals surface area (Å²) in [5.41, 5.74) is 10.2. The van der Waals surface area contributed by atoms with Crippen LogP contribution in [0.4, 0.5) is 0 Å². The third kappa shape index (κ3) is 4.35. The van der Waals surface area contributed by atoms with E-state index < -0.39 is 0 Å². The van der Waals surface area contributed by atoms with Gasteiger partial charge in [-0.25, -0.2) is 16.1 Å². The Morgan fingerprint density at radius 2 is 1.60 bits per heavy atom.